The molecule has 0 radical (unpaired) electrons. The van der Waals surface area contributed by atoms with Crippen LogP contribution in [0.4, 0.5) is 0 Å². The van der Waals surface area contributed by atoms with Crippen molar-refractivity contribution in [3.63, 3.8) is 0 Å². The fraction of sp³-hybridized carbons (Fsp3) is 0.400. The quantitative estimate of drug-likeness (QED) is 0.729. The molecule has 1 aromatic carbocycles. The smallest absolute Gasteiger partial charge is 0.334 e. The Hall–Kier alpha value is -1.42. The predicted octanol–water partition coefficient (Wildman–Crippen LogP) is 3.85. The number of aromatic nitrogens is 2. The number of aryl methyl sites for hydroxylation is 1. The number of hydrogen-bond acceptors (Lipinski definition) is 4. The van der Waals surface area contributed by atoms with E-state index in [0.717, 1.165) is 17.0 Å². The highest BCUT2D eigenvalue weighted by atomic mass is 31.2. The van der Waals surface area contributed by atoms with Gasteiger partial charge in [0.05, 0.1) is 19.4 Å². The third-order valence-electron chi connectivity index (χ3n) is 3.06. The average Bonchev–Trinajstić information content (AvgIpc) is 2.86. The maximum atomic E-state index is 12.5. The lowest BCUT2D eigenvalue weighted by Crippen LogP contribution is -1.99. The van der Waals surface area contributed by atoms with Crippen LogP contribution in [0.3, 0.4) is 0 Å². The summed E-state index contributed by atoms with van der Waals surface area (Å²) >= 11 is 0. The van der Waals surface area contributed by atoms with Gasteiger partial charge in [0.1, 0.15) is 5.82 Å². The molecule has 0 aliphatic heterocycles. The van der Waals surface area contributed by atoms with Crippen LogP contribution in [0, 0.1) is 0 Å². The third kappa shape index (κ3) is 4.03. The highest BCUT2D eigenvalue weighted by Crippen LogP contribution is 2.51. The van der Waals surface area contributed by atoms with Crippen molar-refractivity contribution in [3.05, 3.63) is 42.2 Å². The topological polar surface area (TPSA) is 53.3 Å². The zero-order valence-electron chi connectivity index (χ0n) is 12.7. The number of hydrogen-bond donors (Lipinski definition) is 0. The molecule has 0 aliphatic rings. The van der Waals surface area contributed by atoms with Gasteiger partial charge >= 0.3 is 7.60 Å². The number of rotatable bonds is 7. The zero-order valence-corrected chi connectivity index (χ0v) is 13.5. The Balaban J connectivity index is 2.15. The number of nitrogens with zero attached hydrogens (tertiary/aromatic N) is 2. The first-order chi connectivity index (χ1) is 10.1. The van der Waals surface area contributed by atoms with Crippen molar-refractivity contribution in [2.75, 3.05) is 13.2 Å². The maximum Gasteiger partial charge on any atom is 0.335 e. The minimum Gasteiger partial charge on any atom is -0.334 e. The molecule has 1 aromatic heterocycles. The minimum atomic E-state index is -3.05. The van der Waals surface area contributed by atoms with Crippen LogP contribution in [0.1, 0.15) is 19.4 Å². The molecule has 0 spiro atoms. The summed E-state index contributed by atoms with van der Waals surface area (Å²) in [6, 6.07) is 7.82. The summed E-state index contributed by atoms with van der Waals surface area (Å²) in [7, 11) is -1.09. The van der Waals surface area contributed by atoms with E-state index in [1.165, 1.54) is 0 Å². The van der Waals surface area contributed by atoms with E-state index in [1.54, 1.807) is 6.20 Å². The molecule has 0 fully saturated rings. The second kappa shape index (κ2) is 7.03. The van der Waals surface area contributed by atoms with Crippen LogP contribution in [0.25, 0.3) is 11.4 Å². The van der Waals surface area contributed by atoms with Crippen molar-refractivity contribution < 1.29 is 13.6 Å². The second-order valence-corrected chi connectivity index (χ2v) is 6.72. The molecule has 1 heterocycles. The van der Waals surface area contributed by atoms with Gasteiger partial charge in [0, 0.05) is 25.0 Å². The summed E-state index contributed by atoms with van der Waals surface area (Å²) in [4.78, 5) is 4.31. The van der Waals surface area contributed by atoms with Crippen LogP contribution in [0.2, 0.25) is 0 Å². The molecule has 2 aromatic rings. The van der Waals surface area contributed by atoms with Crippen LogP contribution in [0.15, 0.2) is 36.7 Å². The number of imidazole rings is 1. The van der Waals surface area contributed by atoms with Gasteiger partial charge < -0.3 is 13.6 Å². The van der Waals surface area contributed by atoms with E-state index in [4.69, 9.17) is 9.05 Å². The first kappa shape index (κ1) is 16.0. The molecule has 0 saturated heterocycles. The molecule has 6 heteroatoms. The van der Waals surface area contributed by atoms with Crippen LogP contribution >= 0.6 is 7.60 Å². The van der Waals surface area contributed by atoms with Crippen LogP contribution in [-0.2, 0) is 26.8 Å². The summed E-state index contributed by atoms with van der Waals surface area (Å²) < 4.78 is 25.1. The molecular formula is C15H21N2O3P. The van der Waals surface area contributed by atoms with Gasteiger partial charge in [0.2, 0.25) is 0 Å². The third-order valence-corrected chi connectivity index (χ3v) is 5.12. The Morgan fingerprint density at radius 1 is 1.14 bits per heavy atom. The Morgan fingerprint density at radius 2 is 1.76 bits per heavy atom. The van der Waals surface area contributed by atoms with E-state index in [2.05, 4.69) is 4.98 Å². The molecular weight excluding hydrogens is 287 g/mol. The zero-order chi connectivity index (χ0) is 15.3. The molecule has 2 rings (SSSR count). The van der Waals surface area contributed by atoms with Crippen molar-refractivity contribution >= 4 is 7.60 Å². The van der Waals surface area contributed by atoms with E-state index in [1.807, 2.05) is 55.9 Å². The maximum absolute atomic E-state index is 12.5. The monoisotopic (exact) mass is 308 g/mol. The van der Waals surface area contributed by atoms with Gasteiger partial charge in [0.25, 0.3) is 0 Å². The fourth-order valence-corrected chi connectivity index (χ4v) is 3.85. The second-order valence-electron chi connectivity index (χ2n) is 4.66. The van der Waals surface area contributed by atoms with Gasteiger partial charge in [-0.05, 0) is 19.4 Å². The summed E-state index contributed by atoms with van der Waals surface area (Å²) in [5.41, 5.74) is 1.95. The van der Waals surface area contributed by atoms with Crippen molar-refractivity contribution in [2.45, 2.75) is 20.0 Å². The van der Waals surface area contributed by atoms with Crippen molar-refractivity contribution in [1.82, 2.24) is 9.55 Å². The summed E-state index contributed by atoms with van der Waals surface area (Å²) in [5.74, 6) is 0.902. The summed E-state index contributed by atoms with van der Waals surface area (Å²) in [5, 5.41) is 0. The molecule has 0 saturated carbocycles. The Kier molecular flexibility index (Phi) is 5.34. The Morgan fingerprint density at radius 3 is 2.24 bits per heavy atom. The largest absolute Gasteiger partial charge is 0.335 e. The first-order valence-electron chi connectivity index (χ1n) is 7.02. The van der Waals surface area contributed by atoms with Gasteiger partial charge in [-0.2, -0.15) is 0 Å². The van der Waals surface area contributed by atoms with E-state index in [-0.39, 0.29) is 6.16 Å². The lowest BCUT2D eigenvalue weighted by atomic mass is 10.1. The average molecular weight is 308 g/mol. The minimum absolute atomic E-state index is 0.287. The molecule has 5 nitrogen and oxygen atoms in total. The normalized spacial score (nSPS) is 11.8. The van der Waals surface area contributed by atoms with Crippen LogP contribution in [-0.4, -0.2) is 22.8 Å². The van der Waals surface area contributed by atoms with Gasteiger partial charge in [-0.3, -0.25) is 4.57 Å². The van der Waals surface area contributed by atoms with Crippen molar-refractivity contribution in [1.29, 1.82) is 0 Å². The van der Waals surface area contributed by atoms with Gasteiger partial charge in [0.15, 0.2) is 0 Å². The van der Waals surface area contributed by atoms with Gasteiger partial charge in [-0.15, -0.1) is 0 Å². The van der Waals surface area contributed by atoms with E-state index in [0.29, 0.717) is 13.2 Å². The van der Waals surface area contributed by atoms with Gasteiger partial charge in [-0.25, -0.2) is 4.98 Å². The summed E-state index contributed by atoms with van der Waals surface area (Å²) in [6.07, 6.45) is 3.96. The standard InChI is InChI=1S/C15H21N2O3P/c1-4-19-21(18,20-5-2)12-13-6-8-14(9-7-13)15-16-10-11-17(15)3/h6-11H,4-5,12H2,1-3H3. The fourth-order valence-electron chi connectivity index (χ4n) is 2.15. The highest BCUT2D eigenvalue weighted by Gasteiger charge is 2.23. The summed E-state index contributed by atoms with van der Waals surface area (Å²) in [6.45, 7) is 4.39. The molecule has 21 heavy (non-hydrogen) atoms. The SMILES string of the molecule is CCOP(=O)(Cc1ccc(-c2nccn2C)cc1)OCC. The van der Waals surface area contributed by atoms with Crippen LogP contribution < -0.4 is 0 Å². The molecule has 0 amide bonds. The lowest BCUT2D eigenvalue weighted by molar-refractivity contribution is 0.219. The molecule has 0 aliphatic carbocycles. The van der Waals surface area contributed by atoms with Crippen molar-refractivity contribution in [3.8, 4) is 11.4 Å². The lowest BCUT2D eigenvalue weighted by Gasteiger charge is -2.17. The van der Waals surface area contributed by atoms with Gasteiger partial charge in [-0.1, -0.05) is 24.3 Å². The molecule has 0 N–H and O–H groups in total. The molecule has 0 unspecified atom stereocenters. The predicted molar refractivity (Wildman–Crippen MR) is 83.2 cm³/mol. The molecule has 114 valence electrons. The number of benzene rings is 1. The van der Waals surface area contributed by atoms with Crippen LogP contribution in [0.5, 0.6) is 0 Å². The Labute approximate surface area is 125 Å². The first-order valence-corrected chi connectivity index (χ1v) is 8.75. The van der Waals surface area contributed by atoms with E-state index >= 15 is 0 Å². The van der Waals surface area contributed by atoms with Crippen molar-refractivity contribution in [2.24, 2.45) is 7.05 Å². The molecule has 0 atom stereocenters. The highest BCUT2D eigenvalue weighted by molar-refractivity contribution is 7.53. The Bertz CT molecular complexity index is 612. The molecule has 0 bridgehead atoms. The van der Waals surface area contributed by atoms with E-state index < -0.39 is 7.60 Å². The van der Waals surface area contributed by atoms with E-state index in [9.17, 15) is 4.57 Å².